The number of hydrogen-bond donors (Lipinski definition) is 0. The summed E-state index contributed by atoms with van der Waals surface area (Å²) in [6, 6.07) is 10.4. The molecule has 8 heteroatoms. The van der Waals surface area contributed by atoms with Crippen molar-refractivity contribution in [3.8, 4) is 23.0 Å². The minimum absolute atomic E-state index is 0.189. The fraction of sp³-hybridized carbons (Fsp3) is 0.333. The van der Waals surface area contributed by atoms with Crippen LogP contribution in [0.15, 0.2) is 36.4 Å². The average Bonchev–Trinajstić information content (AvgIpc) is 2.76. The summed E-state index contributed by atoms with van der Waals surface area (Å²) in [4.78, 5) is 26.2. The largest absolute Gasteiger partial charge is 0.493 e. The van der Waals surface area contributed by atoms with E-state index in [9.17, 15) is 9.59 Å². The number of ether oxygens (including phenoxy) is 5. The lowest BCUT2D eigenvalue weighted by atomic mass is 10.2. The van der Waals surface area contributed by atoms with E-state index in [4.69, 9.17) is 23.7 Å². The summed E-state index contributed by atoms with van der Waals surface area (Å²) in [5, 5.41) is 0. The number of likely N-dealkylation sites (N-methyl/N-ethyl adjacent to an activating group) is 1. The first kappa shape index (κ1) is 20.3. The zero-order chi connectivity index (χ0) is 20.8. The Morgan fingerprint density at radius 3 is 2.52 bits per heavy atom. The van der Waals surface area contributed by atoms with Crippen molar-refractivity contribution in [2.45, 2.75) is 6.54 Å². The van der Waals surface area contributed by atoms with Gasteiger partial charge in [0, 0.05) is 13.6 Å². The van der Waals surface area contributed by atoms with Gasteiger partial charge in [0.15, 0.2) is 29.6 Å². The second kappa shape index (κ2) is 9.18. The van der Waals surface area contributed by atoms with Crippen molar-refractivity contribution in [3.63, 3.8) is 0 Å². The highest BCUT2D eigenvalue weighted by Gasteiger charge is 2.20. The van der Waals surface area contributed by atoms with Crippen molar-refractivity contribution < 1.29 is 33.3 Å². The Labute approximate surface area is 168 Å². The Bertz CT molecular complexity index is 897. The van der Waals surface area contributed by atoms with Gasteiger partial charge in [0.1, 0.15) is 18.8 Å². The first-order valence-electron chi connectivity index (χ1n) is 9.04. The molecule has 0 radical (unpaired) electrons. The van der Waals surface area contributed by atoms with Gasteiger partial charge >= 0.3 is 5.97 Å². The van der Waals surface area contributed by atoms with Gasteiger partial charge < -0.3 is 28.6 Å². The lowest BCUT2D eigenvalue weighted by molar-refractivity contribution is -0.133. The number of hydrogen-bond acceptors (Lipinski definition) is 7. The minimum Gasteiger partial charge on any atom is -0.493 e. The van der Waals surface area contributed by atoms with Gasteiger partial charge in [-0.25, -0.2) is 4.79 Å². The standard InChI is InChI=1S/C21H23NO7/c1-22(12-14-7-8-16-18(11-14)28-10-9-27-16)19(23)13-29-21(24)15-5-4-6-17(25-2)20(15)26-3/h4-8,11H,9-10,12-13H2,1-3H3. The third-order valence-corrected chi connectivity index (χ3v) is 4.40. The van der Waals surface area contributed by atoms with Crippen molar-refractivity contribution in [1.82, 2.24) is 4.90 Å². The van der Waals surface area contributed by atoms with Gasteiger partial charge in [-0.15, -0.1) is 0 Å². The second-order valence-corrected chi connectivity index (χ2v) is 6.35. The van der Waals surface area contributed by atoms with Crippen LogP contribution < -0.4 is 18.9 Å². The molecule has 1 amide bonds. The van der Waals surface area contributed by atoms with Crippen LogP contribution in [0.1, 0.15) is 15.9 Å². The molecular weight excluding hydrogens is 378 g/mol. The van der Waals surface area contributed by atoms with Crippen LogP contribution >= 0.6 is 0 Å². The molecule has 0 fully saturated rings. The molecule has 0 atom stereocenters. The fourth-order valence-corrected chi connectivity index (χ4v) is 2.91. The van der Waals surface area contributed by atoms with Gasteiger partial charge in [-0.2, -0.15) is 0 Å². The predicted octanol–water partition coefficient (Wildman–Crippen LogP) is 2.29. The molecule has 1 aliphatic heterocycles. The van der Waals surface area contributed by atoms with E-state index in [0.717, 1.165) is 5.56 Å². The van der Waals surface area contributed by atoms with Crippen LogP contribution in [0.5, 0.6) is 23.0 Å². The first-order valence-corrected chi connectivity index (χ1v) is 9.04. The van der Waals surface area contributed by atoms with Gasteiger partial charge in [-0.1, -0.05) is 12.1 Å². The quantitative estimate of drug-likeness (QED) is 0.658. The van der Waals surface area contributed by atoms with Crippen LogP contribution in [0.25, 0.3) is 0 Å². The van der Waals surface area contributed by atoms with E-state index in [1.54, 1.807) is 25.2 Å². The van der Waals surface area contributed by atoms with Crippen molar-refractivity contribution >= 4 is 11.9 Å². The Balaban J connectivity index is 1.58. The highest BCUT2D eigenvalue weighted by atomic mass is 16.6. The zero-order valence-corrected chi connectivity index (χ0v) is 16.6. The number of methoxy groups -OCH3 is 2. The predicted molar refractivity (Wildman–Crippen MR) is 104 cm³/mol. The third-order valence-electron chi connectivity index (χ3n) is 4.40. The number of carbonyl (C=O) groups excluding carboxylic acids is 2. The number of rotatable bonds is 7. The molecule has 154 valence electrons. The maximum absolute atomic E-state index is 12.4. The smallest absolute Gasteiger partial charge is 0.342 e. The molecule has 0 saturated carbocycles. The fourth-order valence-electron chi connectivity index (χ4n) is 2.91. The van der Waals surface area contributed by atoms with Crippen molar-refractivity contribution in [3.05, 3.63) is 47.5 Å². The zero-order valence-electron chi connectivity index (χ0n) is 16.6. The highest BCUT2D eigenvalue weighted by Crippen LogP contribution is 2.32. The number of nitrogens with zero attached hydrogens (tertiary/aromatic N) is 1. The summed E-state index contributed by atoms with van der Waals surface area (Å²) < 4.78 is 26.6. The highest BCUT2D eigenvalue weighted by molar-refractivity contribution is 5.94. The van der Waals surface area contributed by atoms with Crippen molar-refractivity contribution in [2.75, 3.05) is 41.1 Å². The Kier molecular flexibility index (Phi) is 6.43. The Hall–Kier alpha value is -3.42. The summed E-state index contributed by atoms with van der Waals surface area (Å²) in [6.07, 6.45) is 0. The van der Waals surface area contributed by atoms with E-state index in [2.05, 4.69) is 0 Å². The topological polar surface area (TPSA) is 83.5 Å². The van der Waals surface area contributed by atoms with E-state index in [0.29, 0.717) is 37.0 Å². The summed E-state index contributed by atoms with van der Waals surface area (Å²) in [6.45, 7) is 0.971. The molecule has 8 nitrogen and oxygen atoms in total. The molecule has 1 aliphatic rings. The van der Waals surface area contributed by atoms with Crippen LogP contribution in [0.3, 0.4) is 0 Å². The number of benzene rings is 2. The Morgan fingerprint density at radius 2 is 1.79 bits per heavy atom. The van der Waals surface area contributed by atoms with Gasteiger partial charge in [0.2, 0.25) is 0 Å². The van der Waals surface area contributed by atoms with Crippen molar-refractivity contribution in [2.24, 2.45) is 0 Å². The molecule has 0 unspecified atom stereocenters. The van der Waals surface area contributed by atoms with E-state index in [1.807, 2.05) is 18.2 Å². The number of fused-ring (bicyclic) bond motifs is 1. The Morgan fingerprint density at radius 1 is 1.03 bits per heavy atom. The van der Waals surface area contributed by atoms with Gasteiger partial charge in [0.05, 0.1) is 14.2 Å². The summed E-state index contributed by atoms with van der Waals surface area (Å²) in [5.74, 6) is 1.01. The maximum atomic E-state index is 12.4. The summed E-state index contributed by atoms with van der Waals surface area (Å²) in [5.41, 5.74) is 1.07. The average molecular weight is 401 g/mol. The number of esters is 1. The van der Waals surface area contributed by atoms with Crippen molar-refractivity contribution in [1.29, 1.82) is 0 Å². The number of amides is 1. The van der Waals surface area contributed by atoms with Crippen LogP contribution in [-0.2, 0) is 16.1 Å². The van der Waals surface area contributed by atoms with Crippen LogP contribution in [-0.4, -0.2) is 57.9 Å². The second-order valence-electron chi connectivity index (χ2n) is 6.35. The van der Waals surface area contributed by atoms with Gasteiger partial charge in [-0.05, 0) is 29.8 Å². The molecule has 0 aromatic heterocycles. The molecule has 29 heavy (non-hydrogen) atoms. The van der Waals surface area contributed by atoms with Crippen LogP contribution in [0.2, 0.25) is 0 Å². The maximum Gasteiger partial charge on any atom is 0.342 e. The van der Waals surface area contributed by atoms with E-state index in [-0.39, 0.29) is 23.8 Å². The van der Waals surface area contributed by atoms with Gasteiger partial charge in [0.25, 0.3) is 5.91 Å². The molecular formula is C21H23NO7. The molecule has 3 rings (SSSR count). The molecule has 0 N–H and O–H groups in total. The molecule has 1 heterocycles. The van der Waals surface area contributed by atoms with E-state index < -0.39 is 5.97 Å². The first-order chi connectivity index (χ1) is 14.0. The molecule has 0 bridgehead atoms. The summed E-state index contributed by atoms with van der Waals surface area (Å²) >= 11 is 0. The van der Waals surface area contributed by atoms with Crippen LogP contribution in [0.4, 0.5) is 0 Å². The third kappa shape index (κ3) is 4.71. The SMILES string of the molecule is COc1cccc(C(=O)OCC(=O)N(C)Cc2ccc3c(c2)OCCO3)c1OC. The van der Waals surface area contributed by atoms with Crippen LogP contribution in [0, 0.1) is 0 Å². The summed E-state index contributed by atoms with van der Waals surface area (Å²) in [7, 11) is 4.54. The van der Waals surface area contributed by atoms with Gasteiger partial charge in [-0.3, -0.25) is 4.79 Å². The molecule has 0 saturated heterocycles. The molecule has 0 spiro atoms. The van der Waals surface area contributed by atoms with E-state index in [1.165, 1.54) is 19.1 Å². The normalized spacial score (nSPS) is 12.1. The lowest BCUT2D eigenvalue weighted by Crippen LogP contribution is -2.31. The molecule has 2 aromatic rings. The molecule has 0 aliphatic carbocycles. The monoisotopic (exact) mass is 401 g/mol. The number of para-hydroxylation sites is 1. The number of carbonyl (C=O) groups is 2. The van der Waals surface area contributed by atoms with E-state index >= 15 is 0 Å². The lowest BCUT2D eigenvalue weighted by Gasteiger charge is -2.21. The minimum atomic E-state index is -0.665. The molecule has 2 aromatic carbocycles.